The fourth-order valence-electron chi connectivity index (χ4n) is 5.85. The Balaban J connectivity index is 1.18. The smallest absolute Gasteiger partial charge is 0.408 e. The van der Waals surface area contributed by atoms with Gasteiger partial charge in [-0.1, -0.05) is 6.07 Å². The summed E-state index contributed by atoms with van der Waals surface area (Å²) < 4.78 is 20.5. The number of fused-ring (bicyclic) bond motifs is 5. The molecule has 39 heavy (non-hydrogen) atoms. The summed E-state index contributed by atoms with van der Waals surface area (Å²) in [6.45, 7) is 0.474. The Morgan fingerprint density at radius 3 is 2.54 bits per heavy atom. The first-order chi connectivity index (χ1) is 18.7. The van der Waals surface area contributed by atoms with Crippen molar-refractivity contribution in [1.82, 2.24) is 30.2 Å². The molecule has 0 saturated heterocycles. The van der Waals surface area contributed by atoms with Crippen molar-refractivity contribution in [3.8, 4) is 0 Å². The highest BCUT2D eigenvalue weighted by molar-refractivity contribution is 5.98. The van der Waals surface area contributed by atoms with E-state index in [-0.39, 0.29) is 34.9 Å². The van der Waals surface area contributed by atoms with Gasteiger partial charge < -0.3 is 20.8 Å². The highest BCUT2D eigenvalue weighted by Crippen LogP contribution is 2.56. The molecule has 2 bridgehead atoms. The molecule has 0 radical (unpaired) electrons. The van der Waals surface area contributed by atoms with Gasteiger partial charge in [0.05, 0.1) is 11.7 Å². The van der Waals surface area contributed by atoms with E-state index >= 15 is 0 Å². The van der Waals surface area contributed by atoms with Crippen molar-refractivity contribution >= 4 is 34.5 Å². The second kappa shape index (κ2) is 9.03. The van der Waals surface area contributed by atoms with Crippen LogP contribution in [0.1, 0.15) is 65.1 Å². The van der Waals surface area contributed by atoms with Crippen molar-refractivity contribution < 1.29 is 23.2 Å². The van der Waals surface area contributed by atoms with Crippen molar-refractivity contribution in [3.63, 3.8) is 0 Å². The lowest BCUT2D eigenvalue weighted by Gasteiger charge is -2.52. The zero-order valence-electron chi connectivity index (χ0n) is 20.9. The third-order valence-corrected chi connectivity index (χ3v) is 8.38. The average Bonchev–Trinajstić information content (AvgIpc) is 3.51. The fourth-order valence-corrected chi connectivity index (χ4v) is 5.85. The summed E-state index contributed by atoms with van der Waals surface area (Å²) in [5.41, 5.74) is 6.22. The predicted molar refractivity (Wildman–Crippen MR) is 135 cm³/mol. The number of benzene rings is 1. The second-order valence-corrected chi connectivity index (χ2v) is 10.6. The normalized spacial score (nSPS) is 22.3. The van der Waals surface area contributed by atoms with Crippen LogP contribution in [0, 0.1) is 16.6 Å². The first-order valence-corrected chi connectivity index (χ1v) is 12.7. The van der Waals surface area contributed by atoms with Crippen LogP contribution in [-0.2, 0) is 11.3 Å². The molecule has 5 N–H and O–H groups in total. The minimum Gasteiger partial charge on any atom is -0.408 e. The van der Waals surface area contributed by atoms with E-state index in [1.807, 2.05) is 0 Å². The van der Waals surface area contributed by atoms with Crippen LogP contribution in [-0.4, -0.2) is 43.8 Å². The Morgan fingerprint density at radius 2 is 1.82 bits per heavy atom. The molecule has 7 rings (SSSR count). The zero-order chi connectivity index (χ0) is 27.4. The summed E-state index contributed by atoms with van der Waals surface area (Å²) in [6, 6.07) is 6.23. The zero-order valence-corrected chi connectivity index (χ0v) is 20.9. The van der Waals surface area contributed by atoms with Crippen LogP contribution < -0.4 is 22.1 Å². The van der Waals surface area contributed by atoms with Gasteiger partial charge in [-0.05, 0) is 61.6 Å². The molecule has 13 heteroatoms. The van der Waals surface area contributed by atoms with Crippen molar-refractivity contribution in [2.45, 2.75) is 45.1 Å². The molecule has 0 unspecified atom stereocenters. The lowest BCUT2D eigenvalue weighted by molar-refractivity contribution is -0.136. The third kappa shape index (κ3) is 4.33. The first kappa shape index (κ1) is 24.8. The number of rotatable bonds is 7. The summed E-state index contributed by atoms with van der Waals surface area (Å²) in [5.74, 6) is -2.73. The predicted octanol–water partition coefficient (Wildman–Crippen LogP) is 1.79. The number of nitrogens with zero attached hydrogens (tertiary/aromatic N) is 3. The van der Waals surface area contributed by atoms with Gasteiger partial charge in [-0.2, -0.15) is 5.10 Å². The summed E-state index contributed by atoms with van der Waals surface area (Å²) in [4.78, 5) is 56.2. The molecule has 3 amide bonds. The van der Waals surface area contributed by atoms with Crippen LogP contribution >= 0.6 is 0 Å². The Labute approximate surface area is 220 Å². The molecular weight excluding hydrogens is 509 g/mol. The Bertz CT molecular complexity index is 1680. The number of primary amides is 1. The summed E-state index contributed by atoms with van der Waals surface area (Å²) in [6.07, 6.45) is 5.40. The van der Waals surface area contributed by atoms with Crippen LogP contribution in [0.2, 0.25) is 0 Å². The van der Waals surface area contributed by atoms with E-state index in [0.717, 1.165) is 30.0 Å². The molecule has 3 aliphatic carbocycles. The number of carbonyl (C=O) groups is 3. The monoisotopic (exact) mass is 535 g/mol. The van der Waals surface area contributed by atoms with Gasteiger partial charge >= 0.3 is 5.76 Å². The number of aromatic nitrogens is 4. The number of carbonyl (C=O) groups excluding carboxylic acids is 3. The second-order valence-electron chi connectivity index (χ2n) is 10.6. The molecule has 0 atom stereocenters. The van der Waals surface area contributed by atoms with Crippen LogP contribution in [0.5, 0.6) is 0 Å². The van der Waals surface area contributed by atoms with Crippen molar-refractivity contribution in [1.29, 1.82) is 0 Å². The number of hydrogen-bond donors (Lipinski definition) is 4. The maximum atomic E-state index is 14.4. The van der Waals surface area contributed by atoms with Crippen LogP contribution in [0.15, 0.2) is 39.7 Å². The lowest BCUT2D eigenvalue weighted by atomic mass is 9.53. The molecule has 3 saturated carbocycles. The van der Waals surface area contributed by atoms with Gasteiger partial charge in [0.1, 0.15) is 11.4 Å². The van der Waals surface area contributed by atoms with Crippen molar-refractivity contribution in [3.05, 3.63) is 63.8 Å². The maximum absolute atomic E-state index is 14.4. The molecule has 4 aromatic rings. The minimum absolute atomic E-state index is 0.0269. The minimum atomic E-state index is -0.769. The molecule has 3 aliphatic rings. The third-order valence-electron chi connectivity index (χ3n) is 8.38. The first-order valence-electron chi connectivity index (χ1n) is 12.7. The van der Waals surface area contributed by atoms with E-state index in [2.05, 4.69) is 25.7 Å². The quantitative estimate of drug-likeness (QED) is 0.279. The fraction of sp³-hybridized carbons (Fsp3) is 0.385. The molecule has 3 aromatic heterocycles. The Morgan fingerprint density at radius 1 is 1.08 bits per heavy atom. The van der Waals surface area contributed by atoms with Gasteiger partial charge in [-0.15, -0.1) is 0 Å². The summed E-state index contributed by atoms with van der Waals surface area (Å²) >= 11 is 0. The van der Waals surface area contributed by atoms with Gasteiger partial charge in [0.2, 0.25) is 5.91 Å². The summed E-state index contributed by atoms with van der Waals surface area (Å²) in [5, 5.41) is 9.57. The number of amides is 3. The topological polar surface area (TPSA) is 177 Å². The number of hydrogen-bond acceptors (Lipinski definition) is 7. The Hall–Kier alpha value is -4.55. The number of oxazole rings is 1. The molecule has 12 nitrogen and oxygen atoms in total. The van der Waals surface area contributed by atoms with Crippen LogP contribution in [0.3, 0.4) is 0 Å². The van der Waals surface area contributed by atoms with E-state index in [9.17, 15) is 23.6 Å². The molecule has 202 valence electrons. The van der Waals surface area contributed by atoms with Gasteiger partial charge in [-0.25, -0.2) is 18.7 Å². The van der Waals surface area contributed by atoms with Crippen molar-refractivity contribution in [2.75, 3.05) is 6.54 Å². The Kier molecular flexibility index (Phi) is 5.74. The van der Waals surface area contributed by atoms with E-state index in [4.69, 9.17) is 10.2 Å². The van der Waals surface area contributed by atoms with E-state index in [1.165, 1.54) is 6.07 Å². The van der Waals surface area contributed by atoms with Gasteiger partial charge in [0, 0.05) is 24.6 Å². The standard InChI is InChI=1S/C26H26FN7O5/c27-15-12-31-34-18(22(36)30-13-25-3-6-26(7-4-25,8-5-25)23(28)37)10-17(32-20(15)34)21(35)29-11-14-1-2-19-16(9-14)33-24(38)39-19/h1-2,9-10,12H,3-8,11,13H2,(H2,28,37)(H,29,35)(H,30,36)(H,33,38). The molecule has 0 aliphatic heterocycles. The number of nitrogens with one attached hydrogen (secondary N) is 3. The van der Waals surface area contributed by atoms with E-state index in [0.29, 0.717) is 42.5 Å². The number of nitrogens with two attached hydrogens (primary N) is 1. The number of H-pyrrole nitrogens is 1. The van der Waals surface area contributed by atoms with E-state index in [1.54, 1.807) is 18.2 Å². The SMILES string of the molecule is NC(=O)C12CCC(CNC(=O)c3cc(C(=O)NCc4ccc5oc(=O)[nH]c5c4)nc4c(F)cnn34)(CC1)CC2. The molecule has 0 spiro atoms. The van der Waals surface area contributed by atoms with E-state index < -0.39 is 28.8 Å². The van der Waals surface area contributed by atoms with Gasteiger partial charge in [0.25, 0.3) is 11.8 Å². The number of aromatic amines is 1. The van der Waals surface area contributed by atoms with Crippen molar-refractivity contribution in [2.24, 2.45) is 16.6 Å². The maximum Gasteiger partial charge on any atom is 0.417 e. The van der Waals surface area contributed by atoms with Crippen LogP contribution in [0.4, 0.5) is 4.39 Å². The number of halogens is 1. The largest absolute Gasteiger partial charge is 0.417 e. The van der Waals surface area contributed by atoms with Gasteiger partial charge in [-0.3, -0.25) is 19.4 Å². The lowest BCUT2D eigenvalue weighted by Crippen LogP contribution is -2.52. The summed E-state index contributed by atoms with van der Waals surface area (Å²) in [7, 11) is 0. The highest BCUT2D eigenvalue weighted by Gasteiger charge is 2.51. The molecule has 3 fully saturated rings. The molecule has 3 heterocycles. The van der Waals surface area contributed by atoms with Gasteiger partial charge in [0.15, 0.2) is 17.0 Å². The highest BCUT2D eigenvalue weighted by atomic mass is 19.1. The molecular formula is C26H26FN7O5. The molecule has 1 aromatic carbocycles. The average molecular weight is 536 g/mol. The van der Waals surface area contributed by atoms with Crippen LogP contribution in [0.25, 0.3) is 16.7 Å².